The molecule has 0 amide bonds. The summed E-state index contributed by atoms with van der Waals surface area (Å²) >= 11 is 0. The van der Waals surface area contributed by atoms with E-state index in [0.717, 1.165) is 22.3 Å². The second-order valence-electron chi connectivity index (χ2n) is 9.20. The maximum Gasteiger partial charge on any atom is 5.00 e. The van der Waals surface area contributed by atoms with E-state index in [-0.39, 0.29) is 63.6 Å². The summed E-state index contributed by atoms with van der Waals surface area (Å²) in [5.41, 5.74) is 4.60. The van der Waals surface area contributed by atoms with Crippen molar-refractivity contribution in [2.24, 2.45) is 0 Å². The van der Waals surface area contributed by atoms with Gasteiger partial charge in [0.05, 0.1) is 0 Å². The SMILES string of the molecule is C[N-]C([N-]C)c1ccccc1.C[N-]C([N-]C)c1ccccc1.C[N-]C([N-]C)c1ccccc1.C[N-]C([N-]C)c1ccccc1.[C-]#N.[C-]#N.[Ru+5].[Ru+5]. The van der Waals surface area contributed by atoms with Gasteiger partial charge in [-0.3, -0.25) is 0 Å². The minimum absolute atomic E-state index is 0. The van der Waals surface area contributed by atoms with Gasteiger partial charge in [0.1, 0.15) is 0 Å². The molecule has 50 heavy (non-hydrogen) atoms. The first-order valence-corrected chi connectivity index (χ1v) is 14.9. The van der Waals surface area contributed by atoms with Crippen LogP contribution in [0.2, 0.25) is 0 Å². The Hall–Kier alpha value is -3.21. The number of benzene rings is 4. The van der Waals surface area contributed by atoms with Gasteiger partial charge in [0.2, 0.25) is 0 Å². The Morgan fingerprint density at radius 2 is 0.420 bits per heavy atom. The Kier molecular flexibility index (Phi) is 41.3. The Morgan fingerprint density at radius 1 is 0.300 bits per heavy atom. The van der Waals surface area contributed by atoms with Crippen molar-refractivity contribution in [2.45, 2.75) is 24.7 Å². The first kappa shape index (κ1) is 53.6. The third-order valence-corrected chi connectivity index (χ3v) is 6.35. The maximum absolute atomic E-state index is 6.25. The summed E-state index contributed by atoms with van der Waals surface area (Å²) in [5.74, 6) is 0. The molecule has 12 heteroatoms. The fourth-order valence-electron chi connectivity index (χ4n) is 4.16. The minimum atomic E-state index is 0. The van der Waals surface area contributed by atoms with E-state index in [1.165, 1.54) is 0 Å². The zero-order valence-electron chi connectivity index (χ0n) is 30.0. The van der Waals surface area contributed by atoms with Gasteiger partial charge in [0, 0.05) is 0 Å². The molecule has 0 aromatic heterocycles. The molecule has 2 radical (unpaired) electrons. The van der Waals surface area contributed by atoms with Crippen LogP contribution < -0.4 is 0 Å². The first-order valence-electron chi connectivity index (χ1n) is 14.9. The van der Waals surface area contributed by atoms with Gasteiger partial charge in [-0.25, -0.2) is 24.7 Å². The summed E-state index contributed by atoms with van der Waals surface area (Å²) in [6.07, 6.45) is 0.0415. The zero-order valence-corrected chi connectivity index (χ0v) is 33.5. The molecule has 4 aromatic carbocycles. The van der Waals surface area contributed by atoms with Gasteiger partial charge < -0.3 is 66.2 Å². The van der Waals surface area contributed by atoms with E-state index in [0.29, 0.717) is 0 Å². The fourth-order valence-corrected chi connectivity index (χ4v) is 4.16. The van der Waals surface area contributed by atoms with Crippen LogP contribution in [0.1, 0.15) is 46.9 Å². The van der Waals surface area contributed by atoms with Gasteiger partial charge in [-0.15, -0.1) is 0 Å². The van der Waals surface area contributed by atoms with Gasteiger partial charge in [-0.1, -0.05) is 144 Å². The second-order valence-corrected chi connectivity index (χ2v) is 9.20. The van der Waals surface area contributed by atoms with Gasteiger partial charge in [-0.2, -0.15) is 56.4 Å². The van der Waals surface area contributed by atoms with Crippen LogP contribution >= 0.6 is 0 Å². The van der Waals surface area contributed by atoms with Crippen LogP contribution in [-0.4, -0.2) is 56.4 Å². The molecule has 0 saturated carbocycles. The van der Waals surface area contributed by atoms with Crippen molar-refractivity contribution < 1.29 is 39.0 Å². The van der Waals surface area contributed by atoms with E-state index in [2.05, 4.69) is 42.5 Å². The predicted octanol–water partition coefficient (Wildman–Crippen LogP) is 11.0. The average Bonchev–Trinajstić information content (AvgIpc) is 3.18. The Morgan fingerprint density at radius 3 is 0.520 bits per heavy atom. The largest absolute Gasteiger partial charge is 5.00 e. The molecule has 0 fully saturated rings. The summed E-state index contributed by atoms with van der Waals surface area (Å²) in [5, 5.41) is 45.4. The molecule has 10 nitrogen and oxygen atoms in total. The predicted molar refractivity (Wildman–Crippen MR) is 201 cm³/mol. The third-order valence-electron chi connectivity index (χ3n) is 6.35. The van der Waals surface area contributed by atoms with Gasteiger partial charge >= 0.3 is 39.0 Å². The molecule has 0 aliphatic heterocycles. The molecule has 4 rings (SSSR count). The molecule has 4 aromatic rings. The molecular weight excluding hydrogens is 799 g/mol. The van der Waals surface area contributed by atoms with Gasteiger partial charge in [-0.05, 0) is 0 Å². The Labute approximate surface area is 328 Å². The van der Waals surface area contributed by atoms with Crippen LogP contribution in [0.3, 0.4) is 0 Å². The summed E-state index contributed by atoms with van der Waals surface area (Å²) in [4.78, 5) is 0. The molecular formula is C38H48N10Ru2. The van der Waals surface area contributed by atoms with E-state index >= 15 is 0 Å². The first-order chi connectivity index (χ1) is 23.5. The standard InChI is InChI=1S/4C9H12N2.2CN.2Ru/c4*1-10-9(11-2)8-6-4-3-5-7-8;2*1-2;;/h4*3-7,9H,1-2H3;;;;/q4*-2;2*-1;2*+5. The van der Waals surface area contributed by atoms with Crippen LogP contribution in [-0.2, 0) is 39.0 Å². The average molecular weight is 847 g/mol. The van der Waals surface area contributed by atoms with Crippen LogP contribution in [0.15, 0.2) is 121 Å². The molecule has 0 aliphatic rings. The quantitative estimate of drug-likeness (QED) is 0.103. The van der Waals surface area contributed by atoms with Crippen LogP contribution in [0, 0.1) is 23.7 Å². The van der Waals surface area contributed by atoms with Crippen LogP contribution in [0.4, 0.5) is 0 Å². The van der Waals surface area contributed by atoms with Crippen molar-refractivity contribution >= 4 is 0 Å². The van der Waals surface area contributed by atoms with E-state index in [1.807, 2.05) is 121 Å². The molecule has 0 aliphatic carbocycles. The van der Waals surface area contributed by atoms with E-state index < -0.39 is 0 Å². The number of hydrogen-bond acceptors (Lipinski definition) is 2. The Balaban J connectivity index is -0.000000269. The van der Waals surface area contributed by atoms with Crippen molar-refractivity contribution in [1.29, 1.82) is 10.5 Å². The summed E-state index contributed by atoms with van der Waals surface area (Å²) in [6, 6.07) is 40.2. The molecule has 0 atom stereocenters. The normalized spacial score (nSPS) is 9.28. The number of hydrogen-bond donors (Lipinski definition) is 0. The smallest absolute Gasteiger partial charge is 0.677 e. The fraction of sp³-hybridized carbons (Fsp3) is 0.316. The van der Waals surface area contributed by atoms with E-state index in [4.69, 9.17) is 23.7 Å². The zero-order chi connectivity index (χ0) is 36.4. The van der Waals surface area contributed by atoms with E-state index in [9.17, 15) is 0 Å². The van der Waals surface area contributed by atoms with Crippen molar-refractivity contribution in [3.63, 3.8) is 0 Å². The van der Waals surface area contributed by atoms with Gasteiger partial charge in [0.25, 0.3) is 0 Å². The topological polar surface area (TPSA) is 160 Å². The molecule has 0 saturated heterocycles. The van der Waals surface area contributed by atoms with Crippen molar-refractivity contribution in [3.05, 3.63) is 199 Å². The molecule has 0 heterocycles. The molecule has 266 valence electrons. The van der Waals surface area contributed by atoms with Crippen molar-refractivity contribution in [3.8, 4) is 0 Å². The number of rotatable bonds is 12. The molecule has 0 bridgehead atoms. The van der Waals surface area contributed by atoms with Crippen LogP contribution in [0.5, 0.6) is 0 Å². The summed E-state index contributed by atoms with van der Waals surface area (Å²) < 4.78 is 0. The summed E-state index contributed by atoms with van der Waals surface area (Å²) in [6.45, 7) is 9.50. The monoisotopic (exact) mass is 848 g/mol. The van der Waals surface area contributed by atoms with Crippen molar-refractivity contribution in [1.82, 2.24) is 0 Å². The van der Waals surface area contributed by atoms with E-state index in [1.54, 1.807) is 56.4 Å². The molecule has 0 unspecified atom stereocenters. The number of nitrogens with zero attached hydrogens (tertiary/aromatic N) is 10. The molecule has 0 N–H and O–H groups in total. The Bertz CT molecular complexity index is 1060. The third kappa shape index (κ3) is 23.2. The van der Waals surface area contributed by atoms with Crippen LogP contribution in [0.25, 0.3) is 42.5 Å². The minimum Gasteiger partial charge on any atom is -0.677 e. The maximum atomic E-state index is 6.25. The summed E-state index contributed by atoms with van der Waals surface area (Å²) in [7, 11) is 14.3. The molecule has 0 spiro atoms. The van der Waals surface area contributed by atoms with Crippen molar-refractivity contribution in [2.75, 3.05) is 56.4 Å². The van der Waals surface area contributed by atoms with Gasteiger partial charge in [0.15, 0.2) is 0 Å². The second kappa shape index (κ2) is 38.6.